The molecule has 0 spiro atoms. The number of carbonyl (C=O) groups is 2. The van der Waals surface area contributed by atoms with Crippen molar-refractivity contribution in [1.82, 2.24) is 0 Å². The van der Waals surface area contributed by atoms with Crippen LogP contribution >= 0.6 is 27.5 Å². The molecule has 1 aromatic carbocycles. The Hall–Kier alpha value is -1.79. The average molecular weight is 373 g/mol. The van der Waals surface area contributed by atoms with Gasteiger partial charge in [-0.15, -0.1) is 0 Å². The lowest BCUT2D eigenvalue weighted by atomic mass is 10.3. The molecule has 1 atom stereocenters. The maximum atomic E-state index is 11.9. The fraction of sp³-hybridized carbons (Fsp3) is 0.143. The summed E-state index contributed by atoms with van der Waals surface area (Å²) >= 11 is 8.90. The van der Waals surface area contributed by atoms with Crippen LogP contribution in [-0.4, -0.2) is 18.0 Å². The summed E-state index contributed by atoms with van der Waals surface area (Å²) in [5.41, 5.74) is 0.524. The first-order valence-corrected chi connectivity index (χ1v) is 7.15. The van der Waals surface area contributed by atoms with Gasteiger partial charge in [0.2, 0.25) is 5.76 Å². The molecular formula is C14H11BrClNO4. The average Bonchev–Trinajstić information content (AvgIpc) is 2.85. The Morgan fingerprint density at radius 2 is 2.10 bits per heavy atom. The summed E-state index contributed by atoms with van der Waals surface area (Å²) in [6.07, 6.45) is -0.972. The van der Waals surface area contributed by atoms with Crippen molar-refractivity contribution in [3.05, 3.63) is 51.9 Å². The van der Waals surface area contributed by atoms with Gasteiger partial charge in [0.1, 0.15) is 0 Å². The standard InChI is InChI=1S/C14H11BrClNO4/c1-8(20-14(19)11-5-6-12(15)21-11)13(18)17-10-4-2-3-9(16)7-10/h2-8H,1H3,(H,17,18). The van der Waals surface area contributed by atoms with E-state index in [4.69, 9.17) is 20.8 Å². The van der Waals surface area contributed by atoms with Crippen LogP contribution in [0.5, 0.6) is 0 Å². The number of esters is 1. The lowest BCUT2D eigenvalue weighted by Gasteiger charge is -2.12. The van der Waals surface area contributed by atoms with Gasteiger partial charge in [-0.2, -0.15) is 0 Å². The maximum absolute atomic E-state index is 11.9. The lowest BCUT2D eigenvalue weighted by molar-refractivity contribution is -0.123. The molecule has 0 radical (unpaired) electrons. The number of ether oxygens (including phenoxy) is 1. The van der Waals surface area contributed by atoms with Crippen LogP contribution < -0.4 is 5.32 Å². The molecule has 1 unspecified atom stereocenters. The minimum atomic E-state index is -0.972. The number of hydrogen-bond donors (Lipinski definition) is 1. The van der Waals surface area contributed by atoms with Crippen LogP contribution in [0.2, 0.25) is 5.02 Å². The van der Waals surface area contributed by atoms with E-state index in [1.807, 2.05) is 0 Å². The van der Waals surface area contributed by atoms with Crippen molar-refractivity contribution in [1.29, 1.82) is 0 Å². The molecular weight excluding hydrogens is 362 g/mol. The first kappa shape index (κ1) is 15.6. The fourth-order valence-electron chi connectivity index (χ4n) is 1.51. The molecule has 1 heterocycles. The molecule has 0 fully saturated rings. The molecule has 2 aromatic rings. The predicted octanol–water partition coefficient (Wildman–Crippen LogP) is 3.88. The Kier molecular flexibility index (Phi) is 5.03. The smallest absolute Gasteiger partial charge is 0.375 e. The van der Waals surface area contributed by atoms with Gasteiger partial charge in [0, 0.05) is 10.7 Å². The van der Waals surface area contributed by atoms with Crippen molar-refractivity contribution in [2.75, 3.05) is 5.32 Å². The predicted molar refractivity (Wildman–Crippen MR) is 81.4 cm³/mol. The van der Waals surface area contributed by atoms with Crippen LogP contribution in [0.15, 0.2) is 45.5 Å². The van der Waals surface area contributed by atoms with E-state index in [0.29, 0.717) is 15.4 Å². The molecule has 0 aliphatic carbocycles. The molecule has 7 heteroatoms. The lowest BCUT2D eigenvalue weighted by Crippen LogP contribution is -2.29. The highest BCUT2D eigenvalue weighted by atomic mass is 79.9. The van der Waals surface area contributed by atoms with E-state index in [1.165, 1.54) is 13.0 Å². The summed E-state index contributed by atoms with van der Waals surface area (Å²) in [4.78, 5) is 23.7. The number of rotatable bonds is 4. The van der Waals surface area contributed by atoms with Crippen LogP contribution in [0.3, 0.4) is 0 Å². The second-order valence-corrected chi connectivity index (χ2v) is 5.37. The van der Waals surface area contributed by atoms with Gasteiger partial charge in [0.15, 0.2) is 10.8 Å². The number of amides is 1. The van der Waals surface area contributed by atoms with Gasteiger partial charge in [-0.3, -0.25) is 4.79 Å². The summed E-state index contributed by atoms with van der Waals surface area (Å²) in [6.45, 7) is 1.47. The number of carbonyl (C=O) groups excluding carboxylic acids is 2. The third-order valence-electron chi connectivity index (χ3n) is 2.52. The van der Waals surface area contributed by atoms with Gasteiger partial charge in [0.05, 0.1) is 0 Å². The van der Waals surface area contributed by atoms with Gasteiger partial charge in [-0.05, 0) is 53.2 Å². The Morgan fingerprint density at radius 3 is 2.71 bits per heavy atom. The zero-order valence-corrected chi connectivity index (χ0v) is 13.3. The molecule has 5 nitrogen and oxygen atoms in total. The van der Waals surface area contributed by atoms with Crippen molar-refractivity contribution in [3.8, 4) is 0 Å². The molecule has 1 aromatic heterocycles. The van der Waals surface area contributed by atoms with E-state index in [0.717, 1.165) is 0 Å². The van der Waals surface area contributed by atoms with Crippen molar-refractivity contribution in [2.24, 2.45) is 0 Å². The second kappa shape index (κ2) is 6.78. The van der Waals surface area contributed by atoms with E-state index in [9.17, 15) is 9.59 Å². The quantitative estimate of drug-likeness (QED) is 0.827. The van der Waals surface area contributed by atoms with E-state index in [1.54, 1.807) is 30.3 Å². The Bertz CT molecular complexity index is 670. The second-order valence-electron chi connectivity index (χ2n) is 4.15. The molecule has 0 aliphatic rings. The van der Waals surface area contributed by atoms with Gasteiger partial charge >= 0.3 is 5.97 Å². The van der Waals surface area contributed by atoms with Crippen molar-refractivity contribution < 1.29 is 18.7 Å². The third-order valence-corrected chi connectivity index (χ3v) is 3.18. The molecule has 2 rings (SSSR count). The van der Waals surface area contributed by atoms with Crippen molar-refractivity contribution in [2.45, 2.75) is 13.0 Å². The molecule has 21 heavy (non-hydrogen) atoms. The highest BCUT2D eigenvalue weighted by Gasteiger charge is 2.21. The Morgan fingerprint density at radius 1 is 1.33 bits per heavy atom. The molecule has 1 N–H and O–H groups in total. The summed E-state index contributed by atoms with van der Waals surface area (Å²) in [5.74, 6) is -1.16. The van der Waals surface area contributed by atoms with Gasteiger partial charge in [-0.1, -0.05) is 17.7 Å². The number of hydrogen-bond acceptors (Lipinski definition) is 4. The monoisotopic (exact) mass is 371 g/mol. The van der Waals surface area contributed by atoms with E-state index >= 15 is 0 Å². The Labute approximate surface area is 134 Å². The van der Waals surface area contributed by atoms with Crippen molar-refractivity contribution in [3.63, 3.8) is 0 Å². The van der Waals surface area contributed by atoms with E-state index in [2.05, 4.69) is 21.2 Å². The molecule has 1 amide bonds. The normalized spacial score (nSPS) is 11.8. The van der Waals surface area contributed by atoms with E-state index in [-0.39, 0.29) is 5.76 Å². The first-order valence-electron chi connectivity index (χ1n) is 5.98. The Balaban J connectivity index is 1.95. The van der Waals surface area contributed by atoms with Gasteiger partial charge in [0.25, 0.3) is 5.91 Å². The number of halogens is 2. The van der Waals surface area contributed by atoms with Crippen LogP contribution in [0, 0.1) is 0 Å². The maximum Gasteiger partial charge on any atom is 0.375 e. The molecule has 110 valence electrons. The zero-order chi connectivity index (χ0) is 15.4. The first-order chi connectivity index (χ1) is 9.95. The summed E-state index contributed by atoms with van der Waals surface area (Å²) < 4.78 is 10.5. The highest BCUT2D eigenvalue weighted by molar-refractivity contribution is 9.10. The summed E-state index contributed by atoms with van der Waals surface area (Å²) in [7, 11) is 0. The largest absolute Gasteiger partial charge is 0.447 e. The number of anilines is 1. The van der Waals surface area contributed by atoms with Gasteiger partial charge < -0.3 is 14.5 Å². The topological polar surface area (TPSA) is 68.5 Å². The van der Waals surface area contributed by atoms with Crippen molar-refractivity contribution >= 4 is 45.1 Å². The van der Waals surface area contributed by atoms with Gasteiger partial charge in [-0.25, -0.2) is 4.79 Å². The van der Waals surface area contributed by atoms with Crippen LogP contribution in [0.4, 0.5) is 5.69 Å². The zero-order valence-electron chi connectivity index (χ0n) is 10.9. The SMILES string of the molecule is CC(OC(=O)c1ccc(Br)o1)C(=O)Nc1cccc(Cl)c1. The summed E-state index contributed by atoms with van der Waals surface area (Å²) in [6, 6.07) is 9.69. The highest BCUT2D eigenvalue weighted by Crippen LogP contribution is 2.17. The number of benzene rings is 1. The summed E-state index contributed by atoms with van der Waals surface area (Å²) in [5, 5.41) is 3.10. The van der Waals surface area contributed by atoms with E-state index < -0.39 is 18.0 Å². The number of furan rings is 1. The minimum absolute atomic E-state index is 0.0179. The minimum Gasteiger partial charge on any atom is -0.447 e. The molecule has 0 saturated carbocycles. The molecule has 0 aliphatic heterocycles. The van der Waals surface area contributed by atoms with Crippen LogP contribution in [0.25, 0.3) is 0 Å². The van der Waals surface area contributed by atoms with Crippen LogP contribution in [-0.2, 0) is 9.53 Å². The fourth-order valence-corrected chi connectivity index (χ4v) is 2.00. The number of nitrogens with one attached hydrogen (secondary N) is 1. The van der Waals surface area contributed by atoms with Crippen LogP contribution in [0.1, 0.15) is 17.5 Å². The third kappa shape index (κ3) is 4.34. The molecule has 0 bridgehead atoms. The molecule has 0 saturated heterocycles.